The maximum Gasteiger partial charge on any atom is 0.287 e. The lowest BCUT2D eigenvalue weighted by atomic mass is 9.84. The summed E-state index contributed by atoms with van der Waals surface area (Å²) in [6, 6.07) is 2.54. The van der Waals surface area contributed by atoms with Gasteiger partial charge in [0.25, 0.3) is 11.8 Å². The number of rotatable bonds is 15. The molecule has 18 heteroatoms. The Morgan fingerprint density at radius 3 is 2.37 bits per heavy atom. The highest BCUT2D eigenvalue weighted by molar-refractivity contribution is 7.91. The Kier molecular flexibility index (Phi) is 12.9. The van der Waals surface area contributed by atoms with E-state index in [1.54, 1.807) is 13.8 Å². The number of sulfone groups is 1. The number of primary amides is 1. The third-order valence-corrected chi connectivity index (χ3v) is 12.4. The highest BCUT2D eigenvalue weighted by Crippen LogP contribution is 2.34. The molecule has 0 radical (unpaired) electrons. The van der Waals surface area contributed by atoms with Crippen LogP contribution < -0.4 is 16.4 Å². The summed E-state index contributed by atoms with van der Waals surface area (Å²) in [5, 5.41) is 24.7. The van der Waals surface area contributed by atoms with E-state index in [9.17, 15) is 37.5 Å². The van der Waals surface area contributed by atoms with Crippen LogP contribution in [0.3, 0.4) is 0 Å². The van der Waals surface area contributed by atoms with Gasteiger partial charge in [-0.25, -0.2) is 13.1 Å². The summed E-state index contributed by atoms with van der Waals surface area (Å²) < 4.78 is 37.1. The number of nitrogens with two attached hydrogens (primary N) is 1. The smallest absolute Gasteiger partial charge is 0.287 e. The van der Waals surface area contributed by atoms with Gasteiger partial charge < -0.3 is 35.8 Å². The van der Waals surface area contributed by atoms with Gasteiger partial charge in [-0.3, -0.25) is 24.0 Å². The number of amides is 4. The van der Waals surface area contributed by atoms with Crippen LogP contribution in [-0.2, 0) is 44.1 Å². The number of benzene rings is 1. The van der Waals surface area contributed by atoms with Gasteiger partial charge in [-0.05, 0) is 50.5 Å². The molecular formula is C36H51N7O10S. The summed E-state index contributed by atoms with van der Waals surface area (Å²) in [5.41, 5.74) is 2.91. The molecule has 2 saturated heterocycles. The van der Waals surface area contributed by atoms with Crippen molar-refractivity contribution in [1.29, 1.82) is 0 Å². The molecular weight excluding hydrogens is 723 g/mol. The van der Waals surface area contributed by atoms with Crippen molar-refractivity contribution < 1.29 is 47.0 Å². The average molecular weight is 774 g/mol. The number of hydrogen-bond acceptors (Lipinski definition) is 12. The molecule has 3 atom stereocenters. The quantitative estimate of drug-likeness (QED) is 0.182. The third-order valence-electron chi connectivity index (χ3n) is 10.7. The van der Waals surface area contributed by atoms with Gasteiger partial charge in [0.05, 0.1) is 35.2 Å². The van der Waals surface area contributed by atoms with Crippen molar-refractivity contribution >= 4 is 39.2 Å². The van der Waals surface area contributed by atoms with Crippen LogP contribution in [0.2, 0.25) is 0 Å². The number of nitrogens with zero attached hydrogens (tertiary/aromatic N) is 4. The van der Waals surface area contributed by atoms with Crippen molar-refractivity contribution in [1.82, 2.24) is 30.5 Å². The summed E-state index contributed by atoms with van der Waals surface area (Å²) in [5.74, 6) is -4.12. The Hall–Kier alpha value is -4.26. The molecule has 0 spiro atoms. The predicted octanol–water partition coefficient (Wildman–Crippen LogP) is 0.556. The van der Waals surface area contributed by atoms with Gasteiger partial charge in [0.1, 0.15) is 23.2 Å². The normalized spacial score (nSPS) is 21.3. The molecule has 1 aromatic carbocycles. The molecule has 3 heterocycles. The van der Waals surface area contributed by atoms with Crippen LogP contribution >= 0.6 is 0 Å². The van der Waals surface area contributed by atoms with Crippen molar-refractivity contribution in [3.8, 4) is 0 Å². The SMILES string of the molecule is COCCS(=O)(=O)c1ccc(C(=O)N[C@H](CC2CCCCC2)C(=O)N2CC(n3nncc3C(C)(C)O)CC2C(=O)NC2(C(=O)C(N)=O)CCOCC2)cc1. The molecule has 3 aliphatic rings. The number of methoxy groups -OCH3 is 1. The number of hydrogen-bond donors (Lipinski definition) is 4. The first-order valence-electron chi connectivity index (χ1n) is 18.4. The van der Waals surface area contributed by atoms with Crippen LogP contribution in [0.4, 0.5) is 0 Å². The Labute approximate surface area is 314 Å². The van der Waals surface area contributed by atoms with Crippen molar-refractivity contribution in [2.45, 2.75) is 106 Å². The van der Waals surface area contributed by atoms with Gasteiger partial charge >= 0.3 is 0 Å². The summed E-state index contributed by atoms with van der Waals surface area (Å²) in [6.45, 7) is 3.28. The van der Waals surface area contributed by atoms with E-state index in [-0.39, 0.29) is 67.8 Å². The first-order valence-corrected chi connectivity index (χ1v) is 20.0. The number of ketones is 1. The number of aliphatic hydroxyl groups is 1. The molecule has 2 aromatic rings. The van der Waals surface area contributed by atoms with Crippen molar-refractivity contribution in [2.75, 3.05) is 39.2 Å². The molecule has 1 saturated carbocycles. The Balaban J connectivity index is 1.47. The maximum absolute atomic E-state index is 14.8. The van der Waals surface area contributed by atoms with Crippen molar-refractivity contribution in [3.05, 3.63) is 41.7 Å². The topological polar surface area (TPSA) is 242 Å². The van der Waals surface area contributed by atoms with E-state index in [1.165, 1.54) is 47.2 Å². The molecule has 4 amide bonds. The fourth-order valence-corrected chi connectivity index (χ4v) is 8.83. The van der Waals surface area contributed by atoms with Gasteiger partial charge in [-0.15, -0.1) is 5.10 Å². The second-order valence-electron chi connectivity index (χ2n) is 15.0. The van der Waals surface area contributed by atoms with Crippen LogP contribution in [0.1, 0.15) is 93.7 Å². The lowest BCUT2D eigenvalue weighted by Gasteiger charge is -2.37. The minimum Gasteiger partial charge on any atom is -0.384 e. The number of likely N-dealkylation sites (tertiary alicyclic amines) is 1. The lowest BCUT2D eigenvalue weighted by Crippen LogP contribution is -2.64. The van der Waals surface area contributed by atoms with E-state index < -0.39 is 68.5 Å². The fourth-order valence-electron chi connectivity index (χ4n) is 7.66. The second kappa shape index (κ2) is 17.0. The maximum atomic E-state index is 14.8. The van der Waals surface area contributed by atoms with Crippen molar-refractivity contribution in [2.24, 2.45) is 11.7 Å². The number of carbonyl (C=O) groups is 5. The lowest BCUT2D eigenvalue weighted by molar-refractivity contribution is -0.147. The molecule has 1 aliphatic carbocycles. The van der Waals surface area contributed by atoms with Gasteiger partial charge in [0, 0.05) is 51.7 Å². The average Bonchev–Trinajstić information content (AvgIpc) is 3.83. The molecule has 2 unspecified atom stereocenters. The minimum atomic E-state index is -3.64. The largest absolute Gasteiger partial charge is 0.384 e. The zero-order valence-electron chi connectivity index (χ0n) is 31.0. The molecule has 54 heavy (non-hydrogen) atoms. The molecule has 5 N–H and O–H groups in total. The monoisotopic (exact) mass is 773 g/mol. The van der Waals surface area contributed by atoms with Crippen LogP contribution in [0.25, 0.3) is 0 Å². The third kappa shape index (κ3) is 9.33. The van der Waals surface area contributed by atoms with Crippen LogP contribution in [0.5, 0.6) is 0 Å². The first kappa shape index (κ1) is 40.9. The molecule has 17 nitrogen and oxygen atoms in total. The first-order chi connectivity index (χ1) is 25.6. The van der Waals surface area contributed by atoms with E-state index in [0.717, 1.165) is 32.1 Å². The van der Waals surface area contributed by atoms with E-state index >= 15 is 0 Å². The molecule has 0 bridgehead atoms. The summed E-state index contributed by atoms with van der Waals surface area (Å²) in [6.07, 6.45) is 6.45. The van der Waals surface area contributed by atoms with Gasteiger partial charge in [0.15, 0.2) is 9.84 Å². The summed E-state index contributed by atoms with van der Waals surface area (Å²) in [4.78, 5) is 69.5. The minimum absolute atomic E-state index is 0.00334. The van der Waals surface area contributed by atoms with Crippen LogP contribution in [-0.4, -0.2) is 120 Å². The van der Waals surface area contributed by atoms with Gasteiger partial charge in [-0.1, -0.05) is 37.3 Å². The predicted molar refractivity (Wildman–Crippen MR) is 192 cm³/mol. The Bertz CT molecular complexity index is 1800. The number of nitrogens with one attached hydrogen (secondary N) is 2. The molecule has 1 aromatic heterocycles. The highest BCUT2D eigenvalue weighted by atomic mass is 32.2. The zero-order chi connectivity index (χ0) is 39.3. The number of aromatic nitrogens is 3. The highest BCUT2D eigenvalue weighted by Gasteiger charge is 2.49. The number of Topliss-reactive ketones (excluding diaryl/α,β-unsaturated/α-hetero) is 1. The zero-order valence-corrected chi connectivity index (χ0v) is 31.8. The summed E-state index contributed by atoms with van der Waals surface area (Å²) in [7, 11) is -2.24. The molecule has 3 fully saturated rings. The van der Waals surface area contributed by atoms with E-state index in [4.69, 9.17) is 15.2 Å². The standard InChI is InChI=1S/C36H51N7O10S/c1-35(2,49)29-21-38-41-43(29)25-20-28(33(47)40-36(30(44)31(37)45)13-15-53-16-14-36)42(22-25)34(48)27(19-23-7-5-4-6-8-23)39-32(46)24-9-11-26(12-10-24)54(50,51)18-17-52-3/h9-12,21,23,25,27-28,49H,4-8,13-20,22H2,1-3H3,(H2,37,45)(H,39,46)(H,40,47)/t25?,27-,28?/m1/s1. The second-order valence-corrected chi connectivity index (χ2v) is 17.1. The van der Waals surface area contributed by atoms with Crippen LogP contribution in [0, 0.1) is 5.92 Å². The Morgan fingerprint density at radius 2 is 1.76 bits per heavy atom. The van der Waals surface area contributed by atoms with Crippen molar-refractivity contribution in [3.63, 3.8) is 0 Å². The molecule has 5 rings (SSSR count). The van der Waals surface area contributed by atoms with E-state index in [0.29, 0.717) is 12.1 Å². The summed E-state index contributed by atoms with van der Waals surface area (Å²) >= 11 is 0. The van der Waals surface area contributed by atoms with E-state index in [1.807, 2.05) is 0 Å². The number of carbonyl (C=O) groups excluding carboxylic acids is 5. The van der Waals surface area contributed by atoms with Gasteiger partial charge in [0.2, 0.25) is 17.6 Å². The fraction of sp³-hybridized carbons (Fsp3) is 0.639. The van der Waals surface area contributed by atoms with E-state index in [2.05, 4.69) is 20.9 Å². The Morgan fingerprint density at radius 1 is 1.09 bits per heavy atom. The molecule has 296 valence electrons. The van der Waals surface area contributed by atoms with Crippen LogP contribution in [0.15, 0.2) is 35.4 Å². The van der Waals surface area contributed by atoms with Gasteiger partial charge in [-0.2, -0.15) is 0 Å². The molecule has 2 aliphatic heterocycles. The number of ether oxygens (including phenoxy) is 2.